The maximum Gasteiger partial charge on any atom is 0.204 e. The van der Waals surface area contributed by atoms with E-state index in [9.17, 15) is 20.4 Å². The van der Waals surface area contributed by atoms with E-state index < -0.39 is 41.1 Å². The molecule has 5 nitrogen and oxygen atoms in total. The Balaban J connectivity index is 2.25. The Hall–Kier alpha value is -0.806. The molecule has 7 heteroatoms. The van der Waals surface area contributed by atoms with Gasteiger partial charge in [-0.2, -0.15) is 0 Å². The summed E-state index contributed by atoms with van der Waals surface area (Å²) in [7, 11) is -4.95. The quantitative estimate of drug-likeness (QED) is 0.564. The maximum absolute atomic E-state index is 10.3. The topological polar surface area (TPSA) is 90.2 Å². The largest absolute Gasteiger partial charge is 0.449 e. The molecule has 0 amide bonds. The molecule has 128 valence electrons. The van der Waals surface area contributed by atoms with E-state index in [-0.39, 0.29) is 0 Å². The van der Waals surface area contributed by atoms with Crippen LogP contribution < -0.4 is 0 Å². The second kappa shape index (κ2) is 6.60. The Morgan fingerprint density at radius 2 is 1.09 bits per heavy atom. The van der Waals surface area contributed by atoms with Crippen LogP contribution in [0.2, 0.25) is 26.2 Å². The Morgan fingerprint density at radius 3 is 1.43 bits per heavy atom. The van der Waals surface area contributed by atoms with Crippen molar-refractivity contribution in [2.24, 2.45) is 0 Å². The lowest BCUT2D eigenvalue weighted by Crippen LogP contribution is -2.54. The molecule has 2 rings (SSSR count). The minimum Gasteiger partial charge on any atom is -0.449 e. The summed E-state index contributed by atoms with van der Waals surface area (Å²) >= 11 is 0. The van der Waals surface area contributed by atoms with Gasteiger partial charge in [-0.05, 0) is 36.6 Å². The summed E-state index contributed by atoms with van der Waals surface area (Å²) in [4.78, 5) is 0. The summed E-state index contributed by atoms with van der Waals surface area (Å²) in [6.07, 6.45) is 6.46. The summed E-state index contributed by atoms with van der Waals surface area (Å²) in [5, 5.41) is 41.7. The molecule has 0 saturated carbocycles. The molecule has 0 heterocycles. The predicted octanol–water partition coefficient (Wildman–Crippen LogP) is 0.928. The highest BCUT2D eigenvalue weighted by atomic mass is 28.4. The standard InChI is InChI=1S/C16H26O5Si2/c1-22(2,13-9-5-7-11(17)15(13)19)21-23(3,4)14-10-6-8-12(18)16(14)20/h5-12,15-20H,1-4H3/t11-,12-,15-,16-/m0/s1. The van der Waals surface area contributed by atoms with Crippen LogP contribution in [0.25, 0.3) is 0 Å². The van der Waals surface area contributed by atoms with Gasteiger partial charge in [-0.3, -0.25) is 0 Å². The van der Waals surface area contributed by atoms with Crippen LogP contribution in [0.15, 0.2) is 46.8 Å². The summed E-state index contributed by atoms with van der Waals surface area (Å²) in [6.45, 7) is 7.91. The van der Waals surface area contributed by atoms with Gasteiger partial charge in [0.05, 0.1) is 0 Å². The van der Waals surface area contributed by atoms with Gasteiger partial charge in [0.15, 0.2) is 0 Å². The fourth-order valence-electron chi connectivity index (χ4n) is 3.19. The lowest BCUT2D eigenvalue weighted by Gasteiger charge is -2.41. The third-order valence-corrected chi connectivity index (χ3v) is 12.1. The summed E-state index contributed by atoms with van der Waals surface area (Å²) in [5.41, 5.74) is 0. The van der Waals surface area contributed by atoms with Gasteiger partial charge in [-0.15, -0.1) is 0 Å². The van der Waals surface area contributed by atoms with E-state index in [1.165, 1.54) is 0 Å². The second-order valence-electron chi connectivity index (χ2n) is 7.01. The monoisotopic (exact) mass is 354 g/mol. The molecule has 0 aliphatic heterocycles. The van der Waals surface area contributed by atoms with Crippen molar-refractivity contribution in [2.45, 2.75) is 50.6 Å². The summed E-state index contributed by atoms with van der Waals surface area (Å²) in [6, 6.07) is 0. The fraction of sp³-hybridized carbons (Fsp3) is 0.500. The van der Waals surface area contributed by atoms with Crippen LogP contribution >= 0.6 is 0 Å². The van der Waals surface area contributed by atoms with Crippen LogP contribution in [0.3, 0.4) is 0 Å². The molecule has 23 heavy (non-hydrogen) atoms. The number of aliphatic hydroxyl groups excluding tert-OH is 4. The minimum absolute atomic E-state index is 0.732. The lowest BCUT2D eigenvalue weighted by molar-refractivity contribution is 0.0731. The SMILES string of the molecule is C[Si](C)(O[Si](C)(C)C1=CC=C[C@H](O)[C@@H]1O)C1=CC=C[C@H](O)[C@@H]1O. The summed E-state index contributed by atoms with van der Waals surface area (Å²) in [5.74, 6) is 0. The van der Waals surface area contributed by atoms with Gasteiger partial charge >= 0.3 is 0 Å². The van der Waals surface area contributed by atoms with Crippen LogP contribution in [-0.2, 0) is 4.12 Å². The van der Waals surface area contributed by atoms with Crippen LogP contribution in [0.1, 0.15) is 0 Å². The fourth-order valence-corrected chi connectivity index (χ4v) is 12.0. The highest BCUT2D eigenvalue weighted by molar-refractivity contribution is 6.91. The van der Waals surface area contributed by atoms with Crippen molar-refractivity contribution >= 4 is 16.6 Å². The number of aliphatic hydroxyl groups is 4. The number of hydrogen-bond acceptors (Lipinski definition) is 5. The van der Waals surface area contributed by atoms with Crippen molar-refractivity contribution in [1.29, 1.82) is 0 Å². The van der Waals surface area contributed by atoms with E-state index in [0.29, 0.717) is 0 Å². The van der Waals surface area contributed by atoms with Gasteiger partial charge in [0, 0.05) is 0 Å². The molecule has 0 spiro atoms. The molecule has 0 aromatic heterocycles. The van der Waals surface area contributed by atoms with E-state index in [2.05, 4.69) is 0 Å². The highest BCUT2D eigenvalue weighted by Gasteiger charge is 2.44. The van der Waals surface area contributed by atoms with Crippen molar-refractivity contribution in [3.63, 3.8) is 0 Å². The van der Waals surface area contributed by atoms with Crippen LogP contribution in [0.5, 0.6) is 0 Å². The lowest BCUT2D eigenvalue weighted by atomic mass is 10.1. The van der Waals surface area contributed by atoms with Crippen molar-refractivity contribution in [1.82, 2.24) is 0 Å². The molecular weight excluding hydrogens is 328 g/mol. The normalized spacial score (nSPS) is 31.8. The second-order valence-corrected chi connectivity index (χ2v) is 15.0. The molecule has 2 aliphatic carbocycles. The Kier molecular flexibility index (Phi) is 5.32. The zero-order valence-corrected chi connectivity index (χ0v) is 16.0. The van der Waals surface area contributed by atoms with Crippen molar-refractivity contribution in [2.75, 3.05) is 0 Å². The molecule has 0 unspecified atom stereocenters. The molecule has 4 atom stereocenters. The van der Waals surface area contributed by atoms with Crippen LogP contribution in [-0.4, -0.2) is 61.5 Å². The van der Waals surface area contributed by atoms with E-state index >= 15 is 0 Å². The first-order chi connectivity index (χ1) is 10.6. The van der Waals surface area contributed by atoms with E-state index in [1.807, 2.05) is 38.3 Å². The molecule has 0 radical (unpaired) electrons. The summed E-state index contributed by atoms with van der Waals surface area (Å²) < 4.78 is 6.47. The average Bonchev–Trinajstić information content (AvgIpc) is 2.43. The first kappa shape index (κ1) is 18.5. The third-order valence-electron chi connectivity index (χ3n) is 4.35. The molecule has 0 saturated heterocycles. The molecule has 0 fully saturated rings. The van der Waals surface area contributed by atoms with Gasteiger partial charge in [0.2, 0.25) is 16.6 Å². The Morgan fingerprint density at radius 1 is 0.739 bits per heavy atom. The first-order valence-electron chi connectivity index (χ1n) is 7.76. The maximum atomic E-state index is 10.3. The Bertz CT molecular complexity index is 527. The van der Waals surface area contributed by atoms with Gasteiger partial charge in [-0.25, -0.2) is 0 Å². The predicted molar refractivity (Wildman–Crippen MR) is 94.5 cm³/mol. The first-order valence-corrected chi connectivity index (χ1v) is 13.6. The number of allylic oxidation sites excluding steroid dienone is 4. The Labute approximate surface area is 139 Å². The van der Waals surface area contributed by atoms with E-state index in [1.54, 1.807) is 24.3 Å². The smallest absolute Gasteiger partial charge is 0.204 e. The zero-order chi connectivity index (χ0) is 17.4. The molecule has 0 bridgehead atoms. The molecular formula is C16H26O5Si2. The van der Waals surface area contributed by atoms with Crippen molar-refractivity contribution in [3.8, 4) is 0 Å². The molecule has 2 aliphatic rings. The third kappa shape index (κ3) is 3.82. The van der Waals surface area contributed by atoms with Gasteiger partial charge in [0.25, 0.3) is 0 Å². The highest BCUT2D eigenvalue weighted by Crippen LogP contribution is 2.32. The van der Waals surface area contributed by atoms with Crippen LogP contribution in [0, 0.1) is 0 Å². The van der Waals surface area contributed by atoms with Gasteiger partial charge in [-0.1, -0.05) is 36.5 Å². The number of hydrogen-bond donors (Lipinski definition) is 4. The van der Waals surface area contributed by atoms with E-state index in [0.717, 1.165) is 10.4 Å². The average molecular weight is 355 g/mol. The molecule has 0 aromatic rings. The minimum atomic E-state index is -2.47. The van der Waals surface area contributed by atoms with Gasteiger partial charge < -0.3 is 24.5 Å². The molecule has 0 aromatic carbocycles. The number of rotatable bonds is 4. The zero-order valence-electron chi connectivity index (χ0n) is 14.0. The van der Waals surface area contributed by atoms with Crippen molar-refractivity contribution in [3.05, 3.63) is 46.8 Å². The van der Waals surface area contributed by atoms with Crippen molar-refractivity contribution < 1.29 is 24.5 Å². The van der Waals surface area contributed by atoms with Crippen LogP contribution in [0.4, 0.5) is 0 Å². The van der Waals surface area contributed by atoms with Gasteiger partial charge in [0.1, 0.15) is 24.4 Å². The molecule has 4 N–H and O–H groups in total. The van der Waals surface area contributed by atoms with E-state index in [4.69, 9.17) is 4.12 Å².